The van der Waals surface area contributed by atoms with Gasteiger partial charge in [0.2, 0.25) is 0 Å². The van der Waals surface area contributed by atoms with Gasteiger partial charge in [-0.1, -0.05) is 136 Å². The van der Waals surface area contributed by atoms with Gasteiger partial charge in [0.25, 0.3) is 0 Å². The number of benzene rings is 8. The smallest absolute Gasteiger partial charge is 0.0541 e. The lowest BCUT2D eigenvalue weighted by Crippen LogP contribution is -1.98. The number of hydrogen-bond acceptors (Lipinski definition) is 0. The van der Waals surface area contributed by atoms with Crippen LogP contribution in [0.25, 0.3) is 110 Å². The summed E-state index contributed by atoms with van der Waals surface area (Å²) in [6.07, 6.45) is 9.23. The number of aromatic nitrogens is 4. The lowest BCUT2D eigenvalue weighted by molar-refractivity contribution is 0.561. The van der Waals surface area contributed by atoms with Crippen LogP contribution in [0.4, 0.5) is 0 Å². The zero-order valence-corrected chi connectivity index (χ0v) is 35.6. The molecule has 0 N–H and O–H groups in total. The van der Waals surface area contributed by atoms with E-state index in [1.54, 1.807) is 0 Å². The number of aryl methyl sites for hydroxylation is 2. The van der Waals surface area contributed by atoms with Crippen molar-refractivity contribution in [3.63, 3.8) is 0 Å². The highest BCUT2D eigenvalue weighted by Crippen LogP contribution is 2.40. The molecular formula is C58H50N4. The summed E-state index contributed by atoms with van der Waals surface area (Å²) in [7, 11) is 2.20. The van der Waals surface area contributed by atoms with Crippen molar-refractivity contribution in [3.05, 3.63) is 170 Å². The molecule has 0 aliphatic carbocycles. The first-order valence-corrected chi connectivity index (χ1v) is 22.7. The zero-order chi connectivity index (χ0) is 41.3. The van der Waals surface area contributed by atoms with E-state index in [2.05, 4.69) is 202 Å². The van der Waals surface area contributed by atoms with Crippen LogP contribution in [-0.4, -0.2) is 18.3 Å². The van der Waals surface area contributed by atoms with Crippen LogP contribution in [0, 0.1) is 0 Å². The van der Waals surface area contributed by atoms with Crippen molar-refractivity contribution in [2.75, 3.05) is 0 Å². The van der Waals surface area contributed by atoms with Gasteiger partial charge in [0.05, 0.1) is 27.6 Å². The molecule has 0 bridgehead atoms. The number of fused-ring (bicyclic) bond motifs is 12. The van der Waals surface area contributed by atoms with Gasteiger partial charge in [0.1, 0.15) is 0 Å². The molecule has 0 aliphatic heterocycles. The fraction of sp³-hybridized carbons (Fsp3) is 0.172. The summed E-state index contributed by atoms with van der Waals surface area (Å²) in [5, 5.41) is 10.3. The first-order chi connectivity index (χ1) is 30.7. The average molecular weight is 803 g/mol. The predicted molar refractivity (Wildman–Crippen MR) is 266 cm³/mol. The van der Waals surface area contributed by atoms with Crippen molar-refractivity contribution in [2.24, 2.45) is 7.05 Å². The Morgan fingerprint density at radius 1 is 0.323 bits per heavy atom. The molecule has 8 aromatic carbocycles. The lowest BCUT2D eigenvalue weighted by Gasteiger charge is -2.11. The molecule has 4 heterocycles. The van der Waals surface area contributed by atoms with Gasteiger partial charge < -0.3 is 18.3 Å². The number of para-hydroxylation sites is 4. The van der Waals surface area contributed by atoms with Gasteiger partial charge >= 0.3 is 0 Å². The molecule has 0 spiro atoms. The van der Waals surface area contributed by atoms with E-state index in [9.17, 15) is 0 Å². The van der Waals surface area contributed by atoms with Crippen LogP contribution >= 0.6 is 0 Å². The van der Waals surface area contributed by atoms with Crippen molar-refractivity contribution in [1.82, 2.24) is 18.3 Å². The van der Waals surface area contributed by atoms with Crippen LogP contribution in [0.2, 0.25) is 0 Å². The molecule has 0 unspecified atom stereocenters. The quantitative estimate of drug-likeness (QED) is 0.116. The monoisotopic (exact) mass is 802 g/mol. The summed E-state index contributed by atoms with van der Waals surface area (Å²) in [6.45, 7) is 3.35. The first kappa shape index (κ1) is 36.8. The van der Waals surface area contributed by atoms with Gasteiger partial charge in [-0.25, -0.2) is 0 Å². The molecule has 0 saturated heterocycles. The minimum atomic E-state index is 1.06. The second-order valence-electron chi connectivity index (χ2n) is 17.4. The van der Waals surface area contributed by atoms with Crippen molar-refractivity contribution >= 4 is 87.2 Å². The molecule has 4 aromatic heterocycles. The SMILES string of the molecule is CCCCCCCCCn1c2ccccc2c2cc(-n3c4ccccc4c4cc(-c5ccc6c(c5)c5ccc(-n7c8ccccc8c8ccccc87)cc5n6C)ccc43)ccc21. The molecule has 0 atom stereocenters. The van der Waals surface area contributed by atoms with E-state index >= 15 is 0 Å². The van der Waals surface area contributed by atoms with E-state index in [0.29, 0.717) is 0 Å². The van der Waals surface area contributed by atoms with Gasteiger partial charge in [0, 0.05) is 84.6 Å². The van der Waals surface area contributed by atoms with E-state index in [1.807, 2.05) is 0 Å². The number of unbranched alkanes of at least 4 members (excludes halogenated alkanes) is 6. The van der Waals surface area contributed by atoms with E-state index in [-0.39, 0.29) is 0 Å². The molecule has 0 amide bonds. The van der Waals surface area contributed by atoms with Crippen LogP contribution in [0.1, 0.15) is 51.9 Å². The van der Waals surface area contributed by atoms with Crippen molar-refractivity contribution in [3.8, 4) is 22.5 Å². The second-order valence-corrected chi connectivity index (χ2v) is 17.4. The highest BCUT2D eigenvalue weighted by atomic mass is 15.0. The first-order valence-electron chi connectivity index (χ1n) is 22.7. The molecule has 0 radical (unpaired) electrons. The van der Waals surface area contributed by atoms with Crippen molar-refractivity contribution < 1.29 is 0 Å². The summed E-state index contributed by atoms with van der Waals surface area (Å²) in [5.74, 6) is 0. The lowest BCUT2D eigenvalue weighted by atomic mass is 10.0. The average Bonchev–Trinajstić information content (AvgIpc) is 4.03. The summed E-state index contributed by atoms with van der Waals surface area (Å²) in [6, 6.07) is 63.6. The third-order valence-corrected chi connectivity index (χ3v) is 13.8. The Morgan fingerprint density at radius 2 is 0.742 bits per heavy atom. The summed E-state index contributed by atoms with van der Waals surface area (Å²) >= 11 is 0. The van der Waals surface area contributed by atoms with Crippen LogP contribution in [0.5, 0.6) is 0 Å². The molecule has 0 saturated carbocycles. The highest BCUT2D eigenvalue weighted by molar-refractivity contribution is 6.14. The minimum Gasteiger partial charge on any atom is -0.344 e. The molecule has 4 nitrogen and oxygen atoms in total. The molecule has 4 heteroatoms. The number of nitrogens with zero attached hydrogens (tertiary/aromatic N) is 4. The zero-order valence-electron chi connectivity index (χ0n) is 35.6. The van der Waals surface area contributed by atoms with Gasteiger partial charge in [-0.2, -0.15) is 0 Å². The fourth-order valence-electron chi connectivity index (χ4n) is 10.8. The fourth-order valence-corrected chi connectivity index (χ4v) is 10.8. The van der Waals surface area contributed by atoms with Crippen LogP contribution in [0.15, 0.2) is 170 Å². The summed E-state index contributed by atoms with van der Waals surface area (Å²) < 4.78 is 9.80. The Bertz CT molecular complexity index is 3630. The van der Waals surface area contributed by atoms with Crippen LogP contribution < -0.4 is 0 Å². The Morgan fingerprint density at radius 3 is 1.39 bits per heavy atom. The third-order valence-electron chi connectivity index (χ3n) is 13.8. The molecule has 0 aliphatic rings. The number of rotatable bonds is 11. The van der Waals surface area contributed by atoms with E-state index in [1.165, 1.54) is 155 Å². The van der Waals surface area contributed by atoms with Crippen molar-refractivity contribution in [2.45, 2.75) is 58.4 Å². The van der Waals surface area contributed by atoms with Crippen LogP contribution in [0.3, 0.4) is 0 Å². The normalized spacial score (nSPS) is 12.2. The highest BCUT2D eigenvalue weighted by Gasteiger charge is 2.18. The Labute approximate surface area is 361 Å². The molecule has 62 heavy (non-hydrogen) atoms. The number of hydrogen-bond donors (Lipinski definition) is 0. The van der Waals surface area contributed by atoms with Gasteiger partial charge in [0.15, 0.2) is 0 Å². The maximum absolute atomic E-state index is 2.57. The maximum atomic E-state index is 2.57. The Balaban J connectivity index is 0.928. The topological polar surface area (TPSA) is 19.7 Å². The minimum absolute atomic E-state index is 1.06. The van der Waals surface area contributed by atoms with Crippen molar-refractivity contribution in [1.29, 1.82) is 0 Å². The second kappa shape index (κ2) is 14.8. The largest absolute Gasteiger partial charge is 0.344 e. The molecule has 302 valence electrons. The Kier molecular flexibility index (Phi) is 8.81. The maximum Gasteiger partial charge on any atom is 0.0541 e. The van der Waals surface area contributed by atoms with E-state index in [4.69, 9.17) is 0 Å². The van der Waals surface area contributed by atoms with E-state index in [0.717, 1.165) is 6.54 Å². The molecular weight excluding hydrogens is 753 g/mol. The van der Waals surface area contributed by atoms with Gasteiger partial charge in [-0.05, 0) is 96.4 Å². The standard InChI is InChI=1S/C58H50N4/c1-3-4-5-6-7-8-17-34-60-52-22-13-9-20-45(52)50-37-41(29-33-53(50)60)61-56-25-16-12-21-46(56)49-36-40(27-32-57(49)61)39-26-31-51-48(35-39)47-30-28-42(38-58(47)59(51)2)62-54-23-14-10-18-43(54)44-19-11-15-24-55(44)62/h9-16,18-33,35-38H,3-8,17,34H2,1-2H3. The third kappa shape index (κ3) is 5.73. The molecule has 12 rings (SSSR count). The molecule has 0 fully saturated rings. The van der Waals surface area contributed by atoms with Gasteiger partial charge in [-0.3, -0.25) is 0 Å². The van der Waals surface area contributed by atoms with Crippen LogP contribution in [-0.2, 0) is 13.6 Å². The predicted octanol–water partition coefficient (Wildman–Crippen LogP) is 16.1. The molecule has 12 aromatic rings. The summed E-state index contributed by atoms with van der Waals surface area (Å²) in [4.78, 5) is 0. The van der Waals surface area contributed by atoms with E-state index < -0.39 is 0 Å². The Hall–Kier alpha value is -7.04. The van der Waals surface area contributed by atoms with Gasteiger partial charge in [-0.15, -0.1) is 0 Å². The summed E-state index contributed by atoms with van der Waals surface area (Å²) in [5.41, 5.74) is 14.9.